The van der Waals surface area contributed by atoms with Gasteiger partial charge in [-0.05, 0) is 5.56 Å². The molecule has 98 valence electrons. The molecule has 1 unspecified atom stereocenters. The maximum Gasteiger partial charge on any atom is 0.316 e. The van der Waals surface area contributed by atoms with Crippen LogP contribution in [0.5, 0.6) is 0 Å². The second kappa shape index (κ2) is 5.58. The Morgan fingerprint density at radius 2 is 1.95 bits per heavy atom. The lowest BCUT2D eigenvalue weighted by Crippen LogP contribution is -2.42. The summed E-state index contributed by atoms with van der Waals surface area (Å²) in [6.45, 7) is -0.497. The summed E-state index contributed by atoms with van der Waals surface area (Å²) in [5, 5.41) is 19.2. The number of benzene rings is 1. The zero-order valence-electron chi connectivity index (χ0n) is 10.2. The summed E-state index contributed by atoms with van der Waals surface area (Å²) in [5.41, 5.74) is -0.310. The van der Waals surface area contributed by atoms with Crippen LogP contribution in [-0.4, -0.2) is 32.8 Å². The van der Waals surface area contributed by atoms with E-state index in [1.807, 2.05) is 0 Å². The average Bonchev–Trinajstić information content (AvgIpc) is 2.46. The molecule has 0 bridgehead atoms. The number of aliphatic hydroxyl groups excluding tert-OH is 1. The Morgan fingerprint density at radius 1 is 1.21 bits per heavy atom. The predicted molar refractivity (Wildman–Crippen MR) is 68.6 cm³/mol. The van der Waals surface area contributed by atoms with Crippen molar-refractivity contribution in [3.63, 3.8) is 0 Å². The van der Waals surface area contributed by atoms with Gasteiger partial charge in [-0.15, -0.1) is 0 Å². The minimum absolute atomic E-state index is 0.0939. The van der Waals surface area contributed by atoms with Crippen LogP contribution in [0.4, 0.5) is 0 Å². The summed E-state index contributed by atoms with van der Waals surface area (Å²) >= 11 is 0. The van der Waals surface area contributed by atoms with E-state index in [4.69, 9.17) is 0 Å². The summed E-state index contributed by atoms with van der Waals surface area (Å²) in [4.78, 5) is 19.7. The van der Waals surface area contributed by atoms with Gasteiger partial charge in [-0.2, -0.15) is 0 Å². The number of carbonyl (C=O) groups is 1. The lowest BCUT2D eigenvalue weighted by atomic mass is 9.77. The van der Waals surface area contributed by atoms with E-state index in [1.54, 1.807) is 30.3 Å². The molecule has 2 N–H and O–H groups in total. The maximum absolute atomic E-state index is 11.6. The van der Waals surface area contributed by atoms with Crippen LogP contribution in [-0.2, 0) is 16.6 Å². The number of hydrogen-bond acceptors (Lipinski definition) is 4. The molecule has 5 heteroatoms. The molecule has 1 heterocycles. The number of aromatic nitrogens is 2. The van der Waals surface area contributed by atoms with Gasteiger partial charge in [0, 0.05) is 25.0 Å². The average molecular weight is 258 g/mol. The normalized spacial score (nSPS) is 13.7. The Hall–Kier alpha value is -2.27. The maximum atomic E-state index is 11.6. The number of carboxylic acids is 1. The molecule has 2 rings (SSSR count). The fraction of sp³-hybridized carbons (Fsp3) is 0.214. The van der Waals surface area contributed by atoms with Gasteiger partial charge < -0.3 is 10.2 Å². The van der Waals surface area contributed by atoms with Crippen molar-refractivity contribution in [2.45, 2.75) is 11.8 Å². The lowest BCUT2D eigenvalue weighted by molar-refractivity contribution is -0.145. The van der Waals surface area contributed by atoms with E-state index in [1.165, 1.54) is 18.6 Å². The first-order valence-electron chi connectivity index (χ1n) is 5.84. The van der Waals surface area contributed by atoms with Gasteiger partial charge in [0.15, 0.2) is 0 Å². The van der Waals surface area contributed by atoms with Crippen LogP contribution < -0.4 is 0 Å². The zero-order chi connectivity index (χ0) is 13.7. The topological polar surface area (TPSA) is 83.3 Å². The molecule has 0 saturated heterocycles. The molecule has 1 aromatic heterocycles. The van der Waals surface area contributed by atoms with Crippen LogP contribution in [0, 0.1) is 0 Å². The first-order chi connectivity index (χ1) is 9.19. The molecule has 19 heavy (non-hydrogen) atoms. The van der Waals surface area contributed by atoms with E-state index in [2.05, 4.69) is 9.97 Å². The van der Waals surface area contributed by atoms with Crippen LogP contribution >= 0.6 is 0 Å². The highest BCUT2D eigenvalue weighted by molar-refractivity contribution is 5.82. The van der Waals surface area contributed by atoms with Gasteiger partial charge in [-0.3, -0.25) is 14.8 Å². The number of rotatable bonds is 5. The van der Waals surface area contributed by atoms with Crippen LogP contribution in [0.25, 0.3) is 0 Å². The van der Waals surface area contributed by atoms with Crippen molar-refractivity contribution in [2.75, 3.05) is 6.61 Å². The molecular weight excluding hydrogens is 244 g/mol. The van der Waals surface area contributed by atoms with Gasteiger partial charge >= 0.3 is 5.97 Å². The van der Waals surface area contributed by atoms with Crippen LogP contribution in [0.15, 0.2) is 48.9 Å². The van der Waals surface area contributed by atoms with Gasteiger partial charge in [0.05, 0.1) is 12.3 Å². The molecule has 0 saturated carbocycles. The highest BCUT2D eigenvalue weighted by Gasteiger charge is 2.40. The van der Waals surface area contributed by atoms with Gasteiger partial charge in [-0.1, -0.05) is 30.3 Å². The number of nitrogens with zero attached hydrogens (tertiary/aromatic N) is 2. The highest BCUT2D eigenvalue weighted by atomic mass is 16.4. The quantitative estimate of drug-likeness (QED) is 0.837. The fourth-order valence-electron chi connectivity index (χ4n) is 2.00. The molecular formula is C14H14N2O3. The van der Waals surface area contributed by atoms with Crippen molar-refractivity contribution in [3.05, 3.63) is 60.2 Å². The third kappa shape index (κ3) is 2.61. The summed E-state index contributed by atoms with van der Waals surface area (Å²) in [7, 11) is 0. The van der Waals surface area contributed by atoms with Crippen molar-refractivity contribution < 1.29 is 15.0 Å². The molecule has 1 atom stereocenters. The number of carboxylic acid groups (broad SMARTS) is 1. The van der Waals surface area contributed by atoms with Crippen molar-refractivity contribution in [1.82, 2.24) is 9.97 Å². The minimum atomic E-state index is -1.39. The Labute approximate surface area is 110 Å². The molecule has 5 nitrogen and oxygen atoms in total. The van der Waals surface area contributed by atoms with Crippen LogP contribution in [0.2, 0.25) is 0 Å². The van der Waals surface area contributed by atoms with Crippen LogP contribution in [0.1, 0.15) is 11.3 Å². The van der Waals surface area contributed by atoms with E-state index in [0.29, 0.717) is 11.3 Å². The smallest absolute Gasteiger partial charge is 0.316 e. The molecule has 0 amide bonds. The molecule has 1 aromatic carbocycles. The molecule has 0 fully saturated rings. The molecule has 0 radical (unpaired) electrons. The van der Waals surface area contributed by atoms with E-state index < -0.39 is 18.0 Å². The second-order valence-corrected chi connectivity index (χ2v) is 4.28. The van der Waals surface area contributed by atoms with E-state index in [-0.39, 0.29) is 6.42 Å². The van der Waals surface area contributed by atoms with E-state index in [0.717, 1.165) is 0 Å². The number of aliphatic carboxylic acids is 1. The Balaban J connectivity index is 2.44. The van der Waals surface area contributed by atoms with Gasteiger partial charge in [0.25, 0.3) is 0 Å². The van der Waals surface area contributed by atoms with Crippen molar-refractivity contribution in [3.8, 4) is 0 Å². The molecule has 0 spiro atoms. The highest BCUT2D eigenvalue weighted by Crippen LogP contribution is 2.28. The fourth-order valence-corrected chi connectivity index (χ4v) is 2.00. The summed E-state index contributed by atoms with van der Waals surface area (Å²) < 4.78 is 0. The zero-order valence-corrected chi connectivity index (χ0v) is 10.2. The largest absolute Gasteiger partial charge is 0.481 e. The van der Waals surface area contributed by atoms with Gasteiger partial charge in [-0.25, -0.2) is 0 Å². The van der Waals surface area contributed by atoms with E-state index in [9.17, 15) is 15.0 Å². The lowest BCUT2D eigenvalue weighted by Gasteiger charge is -2.27. The Morgan fingerprint density at radius 3 is 2.47 bits per heavy atom. The minimum Gasteiger partial charge on any atom is -0.481 e. The first kappa shape index (κ1) is 13.2. The molecule has 0 aliphatic rings. The molecule has 2 aromatic rings. The number of hydrogen-bond donors (Lipinski definition) is 2. The molecule has 0 aliphatic heterocycles. The standard InChI is InChI=1S/C14H14N2O3/c17-10-14(13(18)19,11-4-2-1-3-5-11)8-12-9-15-6-7-16-12/h1-7,9,17H,8,10H2,(H,18,19). The van der Waals surface area contributed by atoms with Gasteiger partial charge in [0.2, 0.25) is 0 Å². The third-order valence-corrected chi connectivity index (χ3v) is 3.11. The van der Waals surface area contributed by atoms with Crippen molar-refractivity contribution >= 4 is 5.97 Å². The number of aliphatic hydroxyl groups is 1. The van der Waals surface area contributed by atoms with Crippen molar-refractivity contribution in [1.29, 1.82) is 0 Å². The Kier molecular flexibility index (Phi) is 3.87. The predicted octanol–water partition coefficient (Wildman–Crippen LogP) is 1.03. The monoisotopic (exact) mass is 258 g/mol. The summed E-state index contributed by atoms with van der Waals surface area (Å²) in [6, 6.07) is 8.69. The second-order valence-electron chi connectivity index (χ2n) is 4.28. The summed E-state index contributed by atoms with van der Waals surface area (Å²) in [6.07, 6.45) is 4.63. The van der Waals surface area contributed by atoms with Crippen molar-refractivity contribution in [2.24, 2.45) is 0 Å². The summed E-state index contributed by atoms with van der Waals surface area (Å²) in [5.74, 6) is -1.08. The van der Waals surface area contributed by atoms with Gasteiger partial charge in [0.1, 0.15) is 5.41 Å². The molecule has 0 aliphatic carbocycles. The SMILES string of the molecule is O=C(O)C(CO)(Cc1cnccn1)c1ccccc1. The van der Waals surface area contributed by atoms with Crippen LogP contribution in [0.3, 0.4) is 0 Å². The van der Waals surface area contributed by atoms with E-state index >= 15 is 0 Å². The first-order valence-corrected chi connectivity index (χ1v) is 5.84. The third-order valence-electron chi connectivity index (χ3n) is 3.11. The Bertz CT molecular complexity index is 545.